The van der Waals surface area contributed by atoms with Crippen molar-refractivity contribution in [3.05, 3.63) is 40.6 Å². The van der Waals surface area contributed by atoms with E-state index < -0.39 is 21.7 Å². The molecule has 0 N–H and O–H groups in total. The van der Waals surface area contributed by atoms with Crippen LogP contribution in [0, 0.1) is 0 Å². The minimum absolute atomic E-state index is 0.0359. The number of aromatic nitrogens is 5. The highest BCUT2D eigenvalue weighted by Gasteiger charge is 2.34. The number of nitrogens with zero attached hydrogens (tertiary/aromatic N) is 5. The van der Waals surface area contributed by atoms with Gasteiger partial charge in [0, 0.05) is 34.6 Å². The molecule has 4 rings (SSSR count). The molecule has 7 nitrogen and oxygen atoms in total. The SMILES string of the molecule is CCS(=O)(=O)c1c(-c2nc3cc(C(F)(F)F)nnc3n2C)ncc2c(Br)cccc12. The van der Waals surface area contributed by atoms with E-state index >= 15 is 0 Å². The molecule has 0 unspecified atom stereocenters. The average Bonchev–Trinajstić information content (AvgIpc) is 3.02. The van der Waals surface area contributed by atoms with Gasteiger partial charge < -0.3 is 4.57 Å². The number of hydrogen-bond acceptors (Lipinski definition) is 6. The van der Waals surface area contributed by atoms with Crippen LogP contribution in [0.4, 0.5) is 13.2 Å². The number of sulfone groups is 1. The van der Waals surface area contributed by atoms with E-state index in [0.717, 1.165) is 6.07 Å². The molecule has 0 saturated carbocycles. The molecule has 12 heteroatoms. The monoisotopic (exact) mass is 499 g/mol. The van der Waals surface area contributed by atoms with Crippen molar-refractivity contribution in [3.8, 4) is 11.5 Å². The van der Waals surface area contributed by atoms with E-state index in [2.05, 4.69) is 36.1 Å². The maximum Gasteiger partial charge on any atom is 0.435 e. The summed E-state index contributed by atoms with van der Waals surface area (Å²) < 4.78 is 66.9. The Labute approximate surface area is 177 Å². The first-order chi connectivity index (χ1) is 14.0. The Balaban J connectivity index is 2.08. The maximum absolute atomic E-state index is 13.0. The van der Waals surface area contributed by atoms with E-state index in [1.807, 2.05) is 0 Å². The molecule has 4 aromatic rings. The zero-order valence-corrected chi connectivity index (χ0v) is 18.0. The zero-order valence-electron chi connectivity index (χ0n) is 15.6. The molecule has 0 aliphatic carbocycles. The quantitative estimate of drug-likeness (QED) is 0.420. The van der Waals surface area contributed by atoms with E-state index in [4.69, 9.17) is 0 Å². The van der Waals surface area contributed by atoms with Crippen LogP contribution in [0.3, 0.4) is 0 Å². The molecule has 0 saturated heterocycles. The van der Waals surface area contributed by atoms with Crippen LogP contribution in [-0.2, 0) is 23.1 Å². The molecule has 0 aliphatic heterocycles. The van der Waals surface area contributed by atoms with Crippen molar-refractivity contribution in [1.29, 1.82) is 0 Å². The number of benzene rings is 1. The Hall–Kier alpha value is -2.60. The third-order valence-corrected chi connectivity index (χ3v) is 7.13. The maximum atomic E-state index is 13.0. The first-order valence-corrected chi connectivity index (χ1v) is 11.1. The minimum Gasteiger partial charge on any atom is -0.309 e. The van der Waals surface area contributed by atoms with Gasteiger partial charge in [0.15, 0.2) is 27.0 Å². The summed E-state index contributed by atoms with van der Waals surface area (Å²) in [6.45, 7) is 1.51. The van der Waals surface area contributed by atoms with Gasteiger partial charge in [-0.25, -0.2) is 13.4 Å². The molecular formula is C18H13BrF3N5O2S. The van der Waals surface area contributed by atoms with Crippen LogP contribution < -0.4 is 0 Å². The molecule has 0 bridgehead atoms. The second kappa shape index (κ2) is 6.98. The fourth-order valence-corrected chi connectivity index (χ4v) is 4.85. The predicted octanol–water partition coefficient (Wildman–Crippen LogP) is 4.15. The molecule has 1 aromatic carbocycles. The van der Waals surface area contributed by atoms with Crippen LogP contribution in [-0.4, -0.2) is 38.9 Å². The standard InChI is InChI=1S/C18H13BrF3N5O2S/c1-3-30(28,29)15-9-5-4-6-11(19)10(9)8-23-14(15)17-24-12-7-13(18(20,21)22)25-26-16(12)27(17)2/h4-8H,3H2,1-2H3. The normalized spacial score (nSPS) is 12.7. The van der Waals surface area contributed by atoms with Gasteiger partial charge in [-0.15, -0.1) is 10.2 Å². The number of alkyl halides is 3. The summed E-state index contributed by atoms with van der Waals surface area (Å²) in [5, 5.41) is 7.87. The number of imidazole rings is 1. The third-order valence-electron chi connectivity index (χ3n) is 4.65. The van der Waals surface area contributed by atoms with Crippen molar-refractivity contribution >= 4 is 47.7 Å². The first kappa shape index (κ1) is 20.7. The third kappa shape index (κ3) is 3.23. The number of rotatable bonds is 3. The fourth-order valence-electron chi connectivity index (χ4n) is 3.14. The van der Waals surface area contributed by atoms with Crippen LogP contribution in [0.5, 0.6) is 0 Å². The Kier molecular flexibility index (Phi) is 4.81. The van der Waals surface area contributed by atoms with Gasteiger partial charge in [-0.3, -0.25) is 4.98 Å². The van der Waals surface area contributed by atoms with E-state index in [-0.39, 0.29) is 33.3 Å². The Morgan fingerprint density at radius 3 is 2.57 bits per heavy atom. The zero-order chi connectivity index (χ0) is 21.8. The second-order valence-corrected chi connectivity index (χ2v) is 9.54. The highest BCUT2D eigenvalue weighted by atomic mass is 79.9. The smallest absolute Gasteiger partial charge is 0.309 e. The lowest BCUT2D eigenvalue weighted by molar-refractivity contribution is -0.141. The van der Waals surface area contributed by atoms with Gasteiger partial charge in [0.1, 0.15) is 16.1 Å². The Bertz CT molecular complexity index is 1420. The summed E-state index contributed by atoms with van der Waals surface area (Å²) in [4.78, 5) is 8.50. The number of halogens is 4. The summed E-state index contributed by atoms with van der Waals surface area (Å²) in [6.07, 6.45) is -3.18. The molecule has 3 heterocycles. The molecule has 156 valence electrons. The van der Waals surface area contributed by atoms with Crippen LogP contribution >= 0.6 is 15.9 Å². The van der Waals surface area contributed by atoms with Crippen molar-refractivity contribution in [3.63, 3.8) is 0 Å². The lowest BCUT2D eigenvalue weighted by Gasteiger charge is -2.12. The van der Waals surface area contributed by atoms with Crippen LogP contribution in [0.15, 0.2) is 39.8 Å². The molecular weight excluding hydrogens is 487 g/mol. The summed E-state index contributed by atoms with van der Waals surface area (Å²) in [7, 11) is -2.24. The fraction of sp³-hybridized carbons (Fsp3) is 0.222. The van der Waals surface area contributed by atoms with E-state index in [1.165, 1.54) is 24.7 Å². The molecule has 0 spiro atoms. The molecule has 0 aliphatic rings. The van der Waals surface area contributed by atoms with Gasteiger partial charge in [0.25, 0.3) is 0 Å². The van der Waals surface area contributed by atoms with Crippen LogP contribution in [0.1, 0.15) is 12.6 Å². The van der Waals surface area contributed by atoms with Gasteiger partial charge in [0.05, 0.1) is 5.75 Å². The van der Waals surface area contributed by atoms with E-state index in [0.29, 0.717) is 15.2 Å². The lowest BCUT2D eigenvalue weighted by Crippen LogP contribution is -2.10. The largest absolute Gasteiger partial charge is 0.435 e. The molecule has 0 atom stereocenters. The minimum atomic E-state index is -4.68. The highest BCUT2D eigenvalue weighted by molar-refractivity contribution is 9.10. The summed E-state index contributed by atoms with van der Waals surface area (Å²) in [5.41, 5.74) is -1.13. The van der Waals surface area contributed by atoms with Gasteiger partial charge in [-0.2, -0.15) is 13.2 Å². The molecule has 3 aromatic heterocycles. The van der Waals surface area contributed by atoms with E-state index in [9.17, 15) is 21.6 Å². The van der Waals surface area contributed by atoms with Gasteiger partial charge in [0.2, 0.25) is 0 Å². The van der Waals surface area contributed by atoms with Crippen molar-refractivity contribution in [1.82, 2.24) is 24.7 Å². The number of fused-ring (bicyclic) bond motifs is 2. The Morgan fingerprint density at radius 2 is 1.90 bits per heavy atom. The molecule has 0 amide bonds. The van der Waals surface area contributed by atoms with Crippen molar-refractivity contribution in [2.45, 2.75) is 18.0 Å². The van der Waals surface area contributed by atoms with Gasteiger partial charge in [-0.1, -0.05) is 35.0 Å². The summed E-state index contributed by atoms with van der Waals surface area (Å²) >= 11 is 3.39. The number of pyridine rings is 1. The highest BCUT2D eigenvalue weighted by Crippen LogP contribution is 2.36. The molecule has 0 radical (unpaired) electrons. The predicted molar refractivity (Wildman–Crippen MR) is 107 cm³/mol. The first-order valence-electron chi connectivity index (χ1n) is 8.62. The number of aryl methyl sites for hydroxylation is 1. The topological polar surface area (TPSA) is 90.6 Å². The van der Waals surface area contributed by atoms with Crippen LogP contribution in [0.25, 0.3) is 33.5 Å². The molecule has 0 fully saturated rings. The Morgan fingerprint density at radius 1 is 1.17 bits per heavy atom. The van der Waals surface area contributed by atoms with Crippen molar-refractivity contribution in [2.75, 3.05) is 5.75 Å². The summed E-state index contributed by atoms with van der Waals surface area (Å²) in [5.74, 6) is -0.109. The second-order valence-electron chi connectivity index (χ2n) is 6.47. The van der Waals surface area contributed by atoms with Gasteiger partial charge >= 0.3 is 6.18 Å². The van der Waals surface area contributed by atoms with E-state index in [1.54, 1.807) is 18.2 Å². The van der Waals surface area contributed by atoms with Crippen molar-refractivity contribution in [2.24, 2.45) is 7.05 Å². The summed E-state index contributed by atoms with van der Waals surface area (Å²) in [6, 6.07) is 5.88. The molecule has 30 heavy (non-hydrogen) atoms. The number of hydrogen-bond donors (Lipinski definition) is 0. The lowest BCUT2D eigenvalue weighted by atomic mass is 10.1. The van der Waals surface area contributed by atoms with Crippen LogP contribution in [0.2, 0.25) is 0 Å². The average molecular weight is 500 g/mol. The van der Waals surface area contributed by atoms with Gasteiger partial charge in [-0.05, 0) is 6.07 Å². The van der Waals surface area contributed by atoms with Crippen molar-refractivity contribution < 1.29 is 21.6 Å².